The van der Waals surface area contributed by atoms with Crippen LogP contribution in [0.4, 0.5) is 0 Å². The van der Waals surface area contributed by atoms with E-state index < -0.39 is 0 Å². The molecule has 0 spiro atoms. The number of carbonyl (C=O) groups excluding carboxylic acids is 1. The molecule has 3 rings (SSSR count). The molecule has 0 aliphatic carbocycles. The van der Waals surface area contributed by atoms with Crippen LogP contribution in [0.5, 0.6) is 0 Å². The number of rotatable bonds is 4. The molecule has 2 aromatic heterocycles. The highest BCUT2D eigenvalue weighted by Crippen LogP contribution is 2.21. The predicted molar refractivity (Wildman–Crippen MR) is 79.9 cm³/mol. The number of hydrogen-bond donors (Lipinski definition) is 1. The maximum absolute atomic E-state index is 11.8. The van der Waals surface area contributed by atoms with Crippen LogP contribution in [-0.2, 0) is 6.42 Å². The van der Waals surface area contributed by atoms with Gasteiger partial charge < -0.3 is 5.32 Å². The maximum Gasteiger partial charge on any atom is 0.269 e. The molecule has 100 valence electrons. The number of nitrogens with one attached hydrogen (secondary N) is 1. The van der Waals surface area contributed by atoms with Crippen molar-refractivity contribution in [3.63, 3.8) is 0 Å². The minimum Gasteiger partial charge on any atom is -0.350 e. The largest absolute Gasteiger partial charge is 0.350 e. The SMILES string of the molecule is O=C(NCCc1nc2ccccc2s1)c1ccccn1. The van der Waals surface area contributed by atoms with Crippen molar-refractivity contribution in [2.75, 3.05) is 6.54 Å². The Morgan fingerprint density at radius 3 is 2.80 bits per heavy atom. The molecule has 0 unspecified atom stereocenters. The van der Waals surface area contributed by atoms with E-state index in [2.05, 4.69) is 21.4 Å². The van der Waals surface area contributed by atoms with Gasteiger partial charge in [-0.15, -0.1) is 11.3 Å². The Labute approximate surface area is 120 Å². The standard InChI is InChI=1S/C15H13N3OS/c19-15(12-6-3-4-9-16-12)17-10-8-14-18-11-5-1-2-7-13(11)20-14/h1-7,9H,8,10H2,(H,17,19). The number of hydrogen-bond acceptors (Lipinski definition) is 4. The molecule has 0 bridgehead atoms. The van der Waals surface area contributed by atoms with Crippen LogP contribution >= 0.6 is 11.3 Å². The predicted octanol–water partition coefficient (Wildman–Crippen LogP) is 2.66. The van der Waals surface area contributed by atoms with E-state index >= 15 is 0 Å². The lowest BCUT2D eigenvalue weighted by Crippen LogP contribution is -2.26. The topological polar surface area (TPSA) is 54.9 Å². The van der Waals surface area contributed by atoms with Crippen LogP contribution in [-0.4, -0.2) is 22.4 Å². The van der Waals surface area contributed by atoms with Gasteiger partial charge in [-0.25, -0.2) is 4.98 Å². The van der Waals surface area contributed by atoms with E-state index in [0.29, 0.717) is 12.2 Å². The molecule has 20 heavy (non-hydrogen) atoms. The second-order valence-electron chi connectivity index (χ2n) is 4.30. The first-order valence-corrected chi connectivity index (χ1v) is 7.18. The monoisotopic (exact) mass is 283 g/mol. The fraction of sp³-hybridized carbons (Fsp3) is 0.133. The number of nitrogens with zero attached hydrogens (tertiary/aromatic N) is 2. The van der Waals surface area contributed by atoms with Gasteiger partial charge in [-0.1, -0.05) is 18.2 Å². The van der Waals surface area contributed by atoms with Crippen molar-refractivity contribution in [1.29, 1.82) is 0 Å². The lowest BCUT2D eigenvalue weighted by molar-refractivity contribution is 0.0949. The molecule has 1 aromatic carbocycles. The summed E-state index contributed by atoms with van der Waals surface area (Å²) >= 11 is 1.67. The Morgan fingerprint density at radius 1 is 1.15 bits per heavy atom. The van der Waals surface area contributed by atoms with Crippen molar-refractivity contribution in [2.24, 2.45) is 0 Å². The minimum atomic E-state index is -0.147. The molecule has 0 fully saturated rings. The Hall–Kier alpha value is -2.27. The van der Waals surface area contributed by atoms with Gasteiger partial charge >= 0.3 is 0 Å². The summed E-state index contributed by atoms with van der Waals surface area (Å²) in [5, 5.41) is 3.89. The number of benzene rings is 1. The number of carbonyl (C=O) groups is 1. The molecule has 4 nitrogen and oxygen atoms in total. The third kappa shape index (κ3) is 2.83. The maximum atomic E-state index is 11.8. The average Bonchev–Trinajstić information content (AvgIpc) is 2.90. The van der Waals surface area contributed by atoms with E-state index in [0.717, 1.165) is 16.9 Å². The highest BCUT2D eigenvalue weighted by atomic mass is 32.1. The third-order valence-corrected chi connectivity index (χ3v) is 3.96. The van der Waals surface area contributed by atoms with Gasteiger partial charge in [0.2, 0.25) is 0 Å². The van der Waals surface area contributed by atoms with Gasteiger partial charge in [0.05, 0.1) is 15.2 Å². The van der Waals surface area contributed by atoms with Crippen LogP contribution in [0.3, 0.4) is 0 Å². The molecular weight excluding hydrogens is 270 g/mol. The summed E-state index contributed by atoms with van der Waals surface area (Å²) in [6.45, 7) is 0.565. The molecule has 1 N–H and O–H groups in total. The summed E-state index contributed by atoms with van der Waals surface area (Å²) in [7, 11) is 0. The normalized spacial score (nSPS) is 10.6. The van der Waals surface area contributed by atoms with E-state index in [9.17, 15) is 4.79 Å². The minimum absolute atomic E-state index is 0.147. The van der Waals surface area contributed by atoms with Crippen molar-refractivity contribution in [3.05, 3.63) is 59.4 Å². The smallest absolute Gasteiger partial charge is 0.269 e. The first-order valence-electron chi connectivity index (χ1n) is 6.36. The third-order valence-electron chi connectivity index (χ3n) is 2.86. The Kier molecular flexibility index (Phi) is 3.69. The van der Waals surface area contributed by atoms with Crippen molar-refractivity contribution in [3.8, 4) is 0 Å². The summed E-state index contributed by atoms with van der Waals surface area (Å²) < 4.78 is 1.18. The highest BCUT2D eigenvalue weighted by molar-refractivity contribution is 7.18. The molecule has 0 aliphatic rings. The summed E-state index contributed by atoms with van der Waals surface area (Å²) in [5.41, 5.74) is 1.46. The van der Waals surface area contributed by atoms with Crippen molar-refractivity contribution >= 4 is 27.5 Å². The Morgan fingerprint density at radius 2 is 2.00 bits per heavy atom. The van der Waals surface area contributed by atoms with Gasteiger partial charge in [-0.05, 0) is 24.3 Å². The summed E-state index contributed by atoms with van der Waals surface area (Å²) in [4.78, 5) is 20.4. The zero-order chi connectivity index (χ0) is 13.8. The number of thiazole rings is 1. The van der Waals surface area contributed by atoms with Crippen molar-refractivity contribution in [1.82, 2.24) is 15.3 Å². The molecule has 0 saturated heterocycles. The number of para-hydroxylation sites is 1. The van der Waals surface area contributed by atoms with Crippen LogP contribution in [0.1, 0.15) is 15.5 Å². The zero-order valence-electron chi connectivity index (χ0n) is 10.7. The summed E-state index contributed by atoms with van der Waals surface area (Å²) in [5.74, 6) is -0.147. The molecule has 5 heteroatoms. The molecule has 0 aliphatic heterocycles. The molecule has 0 radical (unpaired) electrons. The zero-order valence-corrected chi connectivity index (χ0v) is 11.6. The number of pyridine rings is 1. The highest BCUT2D eigenvalue weighted by Gasteiger charge is 2.07. The number of fused-ring (bicyclic) bond motifs is 1. The average molecular weight is 283 g/mol. The van der Waals surface area contributed by atoms with E-state index in [-0.39, 0.29) is 5.91 Å². The van der Waals surface area contributed by atoms with Crippen LogP contribution in [0.2, 0.25) is 0 Å². The quantitative estimate of drug-likeness (QED) is 0.801. The van der Waals surface area contributed by atoms with Gasteiger partial charge in [0.25, 0.3) is 5.91 Å². The lowest BCUT2D eigenvalue weighted by atomic mass is 10.3. The van der Waals surface area contributed by atoms with Crippen LogP contribution in [0.25, 0.3) is 10.2 Å². The van der Waals surface area contributed by atoms with Gasteiger partial charge in [-0.3, -0.25) is 9.78 Å². The molecule has 0 atom stereocenters. The lowest BCUT2D eigenvalue weighted by Gasteiger charge is -2.02. The second kappa shape index (κ2) is 5.79. The van der Waals surface area contributed by atoms with Gasteiger partial charge in [0.1, 0.15) is 5.69 Å². The molecule has 3 aromatic rings. The van der Waals surface area contributed by atoms with Crippen molar-refractivity contribution < 1.29 is 4.79 Å². The first kappa shape index (κ1) is 12.7. The fourth-order valence-electron chi connectivity index (χ4n) is 1.90. The summed E-state index contributed by atoms with van der Waals surface area (Å²) in [6.07, 6.45) is 2.35. The summed E-state index contributed by atoms with van der Waals surface area (Å²) in [6, 6.07) is 13.3. The van der Waals surface area contributed by atoms with E-state index in [1.807, 2.05) is 18.2 Å². The molecule has 1 amide bonds. The molecular formula is C15H13N3OS. The fourth-order valence-corrected chi connectivity index (χ4v) is 2.86. The van der Waals surface area contributed by atoms with Crippen LogP contribution in [0, 0.1) is 0 Å². The first-order chi connectivity index (χ1) is 9.83. The Bertz CT molecular complexity index is 691. The van der Waals surface area contributed by atoms with Crippen LogP contribution in [0.15, 0.2) is 48.7 Å². The van der Waals surface area contributed by atoms with E-state index in [1.54, 1.807) is 35.7 Å². The number of amides is 1. The van der Waals surface area contributed by atoms with E-state index in [1.165, 1.54) is 4.70 Å². The second-order valence-corrected chi connectivity index (χ2v) is 5.41. The molecule has 0 saturated carbocycles. The van der Waals surface area contributed by atoms with Gasteiger partial charge in [-0.2, -0.15) is 0 Å². The Balaban J connectivity index is 1.58. The van der Waals surface area contributed by atoms with Crippen LogP contribution < -0.4 is 5.32 Å². The van der Waals surface area contributed by atoms with Gasteiger partial charge in [0.15, 0.2) is 0 Å². The molecule has 2 heterocycles. The number of aromatic nitrogens is 2. The van der Waals surface area contributed by atoms with Gasteiger partial charge in [0, 0.05) is 19.2 Å². The van der Waals surface area contributed by atoms with E-state index in [4.69, 9.17) is 0 Å². The van der Waals surface area contributed by atoms with Crippen molar-refractivity contribution in [2.45, 2.75) is 6.42 Å².